The van der Waals surface area contributed by atoms with E-state index in [9.17, 15) is 13.6 Å². The number of aromatic nitrogens is 5. The SMILES string of the molecule is CNc1nc(-c2cncc(-n3ccc4cc(C(=O)N5CCC(F)(F)CC5)cnc43)c2)no1. The highest BCUT2D eigenvalue weighted by molar-refractivity contribution is 5.97. The van der Waals surface area contributed by atoms with Crippen molar-refractivity contribution in [1.29, 1.82) is 0 Å². The highest BCUT2D eigenvalue weighted by Crippen LogP contribution is 2.29. The van der Waals surface area contributed by atoms with Crippen LogP contribution in [0, 0.1) is 0 Å². The van der Waals surface area contributed by atoms with Crippen LogP contribution in [0.5, 0.6) is 0 Å². The molecular weight excluding hydrogens is 420 g/mol. The van der Waals surface area contributed by atoms with Crippen LogP contribution < -0.4 is 5.32 Å². The lowest BCUT2D eigenvalue weighted by atomic mass is 10.1. The van der Waals surface area contributed by atoms with Crippen LogP contribution in [-0.2, 0) is 0 Å². The van der Waals surface area contributed by atoms with E-state index in [4.69, 9.17) is 4.52 Å². The Labute approximate surface area is 181 Å². The maximum absolute atomic E-state index is 13.4. The summed E-state index contributed by atoms with van der Waals surface area (Å²) in [6.45, 7) is 0.0728. The summed E-state index contributed by atoms with van der Waals surface area (Å²) in [5.74, 6) is -2.59. The highest BCUT2D eigenvalue weighted by Gasteiger charge is 2.35. The standard InChI is InChI=1S/C21H19F2N7O2/c1-24-20-27-17(28-32-20)14-9-16(12-25-10-14)30-5-2-13-8-15(11-26-18(13)30)19(31)29-6-3-21(22,23)4-7-29/h2,5,8-12H,3-4,6-7H2,1H3,(H,24,27,28). The van der Waals surface area contributed by atoms with Crippen molar-refractivity contribution >= 4 is 23.0 Å². The zero-order valence-corrected chi connectivity index (χ0v) is 17.1. The van der Waals surface area contributed by atoms with Gasteiger partial charge < -0.3 is 14.7 Å². The molecule has 5 rings (SSSR count). The summed E-state index contributed by atoms with van der Waals surface area (Å²) >= 11 is 0. The number of amides is 1. The zero-order chi connectivity index (χ0) is 22.3. The Hall–Kier alpha value is -3.89. The van der Waals surface area contributed by atoms with Gasteiger partial charge in [-0.05, 0) is 18.2 Å². The smallest absolute Gasteiger partial charge is 0.321 e. The van der Waals surface area contributed by atoms with E-state index < -0.39 is 5.92 Å². The second-order valence-corrected chi connectivity index (χ2v) is 7.58. The monoisotopic (exact) mass is 439 g/mol. The molecule has 32 heavy (non-hydrogen) atoms. The molecule has 0 radical (unpaired) electrons. The number of fused-ring (bicyclic) bond motifs is 1. The summed E-state index contributed by atoms with van der Waals surface area (Å²) in [5, 5.41) is 7.46. The van der Waals surface area contributed by atoms with Gasteiger partial charge in [0, 0.05) is 62.5 Å². The number of carbonyl (C=O) groups is 1. The number of halogens is 2. The number of piperidine rings is 1. The first kappa shape index (κ1) is 20.0. The summed E-state index contributed by atoms with van der Waals surface area (Å²) in [6, 6.07) is 5.71. The van der Waals surface area contributed by atoms with Crippen molar-refractivity contribution in [3.05, 3.63) is 48.5 Å². The molecule has 4 aromatic rings. The van der Waals surface area contributed by atoms with Gasteiger partial charge in [-0.15, -0.1) is 0 Å². The number of hydrogen-bond donors (Lipinski definition) is 1. The lowest BCUT2D eigenvalue weighted by Gasteiger charge is -2.31. The number of pyridine rings is 2. The maximum Gasteiger partial charge on any atom is 0.321 e. The van der Waals surface area contributed by atoms with Crippen molar-refractivity contribution in [2.24, 2.45) is 0 Å². The van der Waals surface area contributed by atoms with Crippen LogP contribution in [0.25, 0.3) is 28.1 Å². The van der Waals surface area contributed by atoms with Crippen LogP contribution >= 0.6 is 0 Å². The largest absolute Gasteiger partial charge is 0.341 e. The second kappa shape index (κ2) is 7.66. The van der Waals surface area contributed by atoms with E-state index in [0.717, 1.165) is 11.1 Å². The molecular formula is C21H19F2N7O2. The van der Waals surface area contributed by atoms with E-state index in [2.05, 4.69) is 25.4 Å². The van der Waals surface area contributed by atoms with E-state index >= 15 is 0 Å². The van der Waals surface area contributed by atoms with Gasteiger partial charge in [0.15, 0.2) is 0 Å². The van der Waals surface area contributed by atoms with Gasteiger partial charge in [-0.1, -0.05) is 5.16 Å². The van der Waals surface area contributed by atoms with E-state index in [-0.39, 0.29) is 31.8 Å². The fourth-order valence-electron chi connectivity index (χ4n) is 3.69. The summed E-state index contributed by atoms with van der Waals surface area (Å²) in [7, 11) is 1.68. The summed E-state index contributed by atoms with van der Waals surface area (Å²) < 4.78 is 33.7. The van der Waals surface area contributed by atoms with Crippen LogP contribution in [0.2, 0.25) is 0 Å². The van der Waals surface area contributed by atoms with E-state index in [1.54, 1.807) is 25.5 Å². The number of nitrogens with zero attached hydrogens (tertiary/aromatic N) is 6. The number of likely N-dealkylation sites (tertiary alicyclic amines) is 1. The molecule has 1 N–H and O–H groups in total. The van der Waals surface area contributed by atoms with Gasteiger partial charge in [0.25, 0.3) is 11.8 Å². The van der Waals surface area contributed by atoms with E-state index in [1.165, 1.54) is 11.1 Å². The fraction of sp³-hybridized carbons (Fsp3) is 0.286. The average Bonchev–Trinajstić information content (AvgIpc) is 3.45. The quantitative estimate of drug-likeness (QED) is 0.520. The molecule has 0 atom stereocenters. The lowest BCUT2D eigenvalue weighted by molar-refractivity contribution is -0.0494. The molecule has 164 valence electrons. The molecule has 1 fully saturated rings. The van der Waals surface area contributed by atoms with Crippen molar-refractivity contribution < 1.29 is 18.1 Å². The van der Waals surface area contributed by atoms with Crippen molar-refractivity contribution in [2.45, 2.75) is 18.8 Å². The maximum atomic E-state index is 13.4. The van der Waals surface area contributed by atoms with Crippen molar-refractivity contribution in [2.75, 3.05) is 25.5 Å². The first-order valence-electron chi connectivity index (χ1n) is 10.0. The topological polar surface area (TPSA) is 102 Å². The predicted octanol–water partition coefficient (Wildman–Crippen LogP) is 3.38. The third kappa shape index (κ3) is 3.66. The molecule has 0 bridgehead atoms. The highest BCUT2D eigenvalue weighted by atomic mass is 19.3. The summed E-state index contributed by atoms with van der Waals surface area (Å²) in [6.07, 6.45) is 5.98. The minimum Gasteiger partial charge on any atom is -0.341 e. The van der Waals surface area contributed by atoms with Gasteiger partial charge in [0.05, 0.1) is 17.4 Å². The minimum atomic E-state index is -2.70. The number of carbonyl (C=O) groups excluding carboxylic acids is 1. The van der Waals surface area contributed by atoms with Crippen LogP contribution in [0.15, 0.2) is 47.5 Å². The normalized spacial score (nSPS) is 15.8. The Bertz CT molecular complexity index is 1290. The van der Waals surface area contributed by atoms with Crippen LogP contribution in [0.3, 0.4) is 0 Å². The molecule has 0 aliphatic carbocycles. The summed E-state index contributed by atoms with van der Waals surface area (Å²) in [4.78, 5) is 27.2. The Balaban J connectivity index is 1.42. The molecule has 0 unspecified atom stereocenters. The number of rotatable bonds is 4. The molecule has 0 aromatic carbocycles. The first-order valence-corrected chi connectivity index (χ1v) is 10.0. The first-order chi connectivity index (χ1) is 15.4. The molecule has 1 amide bonds. The zero-order valence-electron chi connectivity index (χ0n) is 17.1. The molecule has 1 aliphatic heterocycles. The Morgan fingerprint density at radius 3 is 2.75 bits per heavy atom. The Kier molecular flexibility index (Phi) is 4.80. The average molecular weight is 439 g/mol. The van der Waals surface area contributed by atoms with Gasteiger partial charge in [-0.3, -0.25) is 14.3 Å². The van der Waals surface area contributed by atoms with Crippen molar-refractivity contribution in [3.63, 3.8) is 0 Å². The third-order valence-electron chi connectivity index (χ3n) is 5.46. The van der Waals surface area contributed by atoms with Crippen molar-refractivity contribution in [1.82, 2.24) is 29.6 Å². The summed E-state index contributed by atoms with van der Waals surface area (Å²) in [5.41, 5.74) is 2.41. The fourth-order valence-corrected chi connectivity index (χ4v) is 3.69. The number of nitrogens with one attached hydrogen (secondary N) is 1. The van der Waals surface area contributed by atoms with Crippen LogP contribution in [0.4, 0.5) is 14.8 Å². The van der Waals surface area contributed by atoms with Crippen molar-refractivity contribution in [3.8, 4) is 17.1 Å². The number of anilines is 1. The lowest BCUT2D eigenvalue weighted by Crippen LogP contribution is -2.42. The molecule has 0 saturated carbocycles. The Morgan fingerprint density at radius 1 is 1.19 bits per heavy atom. The molecule has 4 aromatic heterocycles. The van der Waals surface area contributed by atoms with Gasteiger partial charge >= 0.3 is 6.01 Å². The molecule has 5 heterocycles. The van der Waals surface area contributed by atoms with E-state index in [1.807, 2.05) is 22.9 Å². The Morgan fingerprint density at radius 2 is 2.00 bits per heavy atom. The molecule has 1 aliphatic rings. The predicted molar refractivity (Wildman–Crippen MR) is 112 cm³/mol. The minimum absolute atomic E-state index is 0.0364. The number of hydrogen-bond acceptors (Lipinski definition) is 7. The second-order valence-electron chi connectivity index (χ2n) is 7.58. The molecule has 1 saturated heterocycles. The number of alkyl halides is 2. The van der Waals surface area contributed by atoms with Gasteiger partial charge in [-0.2, -0.15) is 4.98 Å². The third-order valence-corrected chi connectivity index (χ3v) is 5.46. The molecule has 9 nitrogen and oxygen atoms in total. The van der Waals surface area contributed by atoms with Gasteiger partial charge in [-0.25, -0.2) is 13.8 Å². The molecule has 0 spiro atoms. The van der Waals surface area contributed by atoms with Gasteiger partial charge in [0.2, 0.25) is 5.82 Å². The van der Waals surface area contributed by atoms with E-state index in [0.29, 0.717) is 28.6 Å². The van der Waals surface area contributed by atoms with Crippen LogP contribution in [0.1, 0.15) is 23.2 Å². The van der Waals surface area contributed by atoms with Crippen LogP contribution in [-0.4, -0.2) is 61.5 Å². The molecule has 11 heteroatoms. The van der Waals surface area contributed by atoms with Gasteiger partial charge in [0.1, 0.15) is 5.65 Å².